The third-order valence-corrected chi connectivity index (χ3v) is 3.08. The average Bonchev–Trinajstić information content (AvgIpc) is 2.05. The van der Waals surface area contributed by atoms with Crippen molar-refractivity contribution >= 4 is 0 Å². The Bertz CT molecular complexity index is 170. The van der Waals surface area contributed by atoms with Crippen molar-refractivity contribution in [2.24, 2.45) is 11.8 Å². The maximum Gasteiger partial charge on any atom is 0.393 e. The lowest BCUT2D eigenvalue weighted by molar-refractivity contribution is -0.211. The van der Waals surface area contributed by atoms with Crippen LogP contribution in [0.1, 0.15) is 12.8 Å². The summed E-state index contributed by atoms with van der Waals surface area (Å²) in [5.74, 6) is -1.13. The van der Waals surface area contributed by atoms with Crippen LogP contribution in [0.3, 0.4) is 0 Å². The standard InChI is InChI=1S/C8H12F3N/c9-8(10,11)7-5-12-3-1-6(7)2-4-12/h6-7H,1-5H2. The fourth-order valence-electron chi connectivity index (χ4n) is 2.34. The summed E-state index contributed by atoms with van der Waals surface area (Å²) < 4.78 is 37.1. The quantitative estimate of drug-likeness (QED) is 0.549. The second kappa shape index (κ2) is 2.62. The van der Waals surface area contributed by atoms with Crippen LogP contribution in [0.15, 0.2) is 0 Å². The molecule has 0 saturated carbocycles. The molecule has 0 radical (unpaired) electrons. The highest BCUT2D eigenvalue weighted by molar-refractivity contribution is 4.89. The monoisotopic (exact) mass is 179 g/mol. The number of hydrogen-bond acceptors (Lipinski definition) is 1. The lowest BCUT2D eigenvalue weighted by atomic mass is 9.79. The van der Waals surface area contributed by atoms with Gasteiger partial charge in [-0.05, 0) is 31.8 Å². The molecular formula is C8H12F3N. The van der Waals surface area contributed by atoms with Gasteiger partial charge in [0, 0.05) is 6.54 Å². The first-order valence-corrected chi connectivity index (χ1v) is 4.36. The highest BCUT2D eigenvalue weighted by Gasteiger charge is 2.49. The van der Waals surface area contributed by atoms with Gasteiger partial charge >= 0.3 is 6.18 Å². The second-order valence-electron chi connectivity index (χ2n) is 3.79. The Morgan fingerprint density at radius 2 is 1.67 bits per heavy atom. The van der Waals surface area contributed by atoms with Crippen LogP contribution < -0.4 is 0 Å². The predicted octanol–water partition coefficient (Wildman–Crippen LogP) is 1.89. The average molecular weight is 179 g/mol. The first kappa shape index (κ1) is 8.35. The zero-order valence-electron chi connectivity index (χ0n) is 6.77. The minimum absolute atomic E-state index is 0.0880. The van der Waals surface area contributed by atoms with E-state index in [4.69, 9.17) is 0 Å². The SMILES string of the molecule is FC(F)(F)C1CN2CCC1CC2. The van der Waals surface area contributed by atoms with Gasteiger partial charge < -0.3 is 4.90 Å². The van der Waals surface area contributed by atoms with Gasteiger partial charge in [0.05, 0.1) is 5.92 Å². The highest BCUT2D eigenvalue weighted by atomic mass is 19.4. The fraction of sp³-hybridized carbons (Fsp3) is 1.00. The summed E-state index contributed by atoms with van der Waals surface area (Å²) in [6, 6.07) is 0. The van der Waals surface area contributed by atoms with Crippen molar-refractivity contribution in [1.29, 1.82) is 0 Å². The number of fused-ring (bicyclic) bond motifs is 3. The molecule has 1 unspecified atom stereocenters. The Morgan fingerprint density at radius 3 is 1.92 bits per heavy atom. The molecule has 12 heavy (non-hydrogen) atoms. The van der Waals surface area contributed by atoms with Gasteiger partial charge in [0.1, 0.15) is 0 Å². The molecule has 4 heteroatoms. The van der Waals surface area contributed by atoms with E-state index in [1.54, 1.807) is 0 Å². The van der Waals surface area contributed by atoms with Gasteiger partial charge in [-0.1, -0.05) is 0 Å². The van der Waals surface area contributed by atoms with Crippen molar-refractivity contribution < 1.29 is 13.2 Å². The summed E-state index contributed by atoms with van der Waals surface area (Å²) in [5.41, 5.74) is 0. The minimum atomic E-state index is -3.97. The van der Waals surface area contributed by atoms with Crippen molar-refractivity contribution in [2.45, 2.75) is 19.0 Å². The fourth-order valence-corrected chi connectivity index (χ4v) is 2.34. The largest absolute Gasteiger partial charge is 0.393 e. The van der Waals surface area contributed by atoms with Crippen molar-refractivity contribution in [3.63, 3.8) is 0 Å². The number of halogens is 3. The van der Waals surface area contributed by atoms with Gasteiger partial charge in [-0.3, -0.25) is 0 Å². The van der Waals surface area contributed by atoms with E-state index < -0.39 is 12.1 Å². The molecule has 3 aliphatic heterocycles. The summed E-state index contributed by atoms with van der Waals surface area (Å²) in [6.45, 7) is 1.99. The molecule has 1 nitrogen and oxygen atoms in total. The Kier molecular flexibility index (Phi) is 1.82. The highest BCUT2D eigenvalue weighted by Crippen LogP contribution is 2.41. The van der Waals surface area contributed by atoms with E-state index in [1.165, 1.54) is 0 Å². The predicted molar refractivity (Wildman–Crippen MR) is 38.7 cm³/mol. The summed E-state index contributed by atoms with van der Waals surface area (Å²) in [5, 5.41) is 0. The second-order valence-corrected chi connectivity index (χ2v) is 3.79. The molecule has 1 atom stereocenters. The number of nitrogens with zero attached hydrogens (tertiary/aromatic N) is 1. The Morgan fingerprint density at radius 1 is 1.08 bits per heavy atom. The van der Waals surface area contributed by atoms with E-state index in [2.05, 4.69) is 0 Å². The third kappa shape index (κ3) is 1.32. The minimum Gasteiger partial charge on any atom is -0.303 e. The van der Waals surface area contributed by atoms with Crippen LogP contribution in [0.25, 0.3) is 0 Å². The Balaban J connectivity index is 2.09. The third-order valence-electron chi connectivity index (χ3n) is 3.08. The van der Waals surface area contributed by atoms with Crippen molar-refractivity contribution in [3.8, 4) is 0 Å². The molecule has 0 aromatic rings. The molecule has 0 aromatic carbocycles. The topological polar surface area (TPSA) is 3.24 Å². The van der Waals surface area contributed by atoms with Crippen LogP contribution >= 0.6 is 0 Å². The van der Waals surface area contributed by atoms with E-state index in [9.17, 15) is 13.2 Å². The molecule has 0 spiro atoms. The Hall–Kier alpha value is -0.250. The molecule has 3 aliphatic rings. The van der Waals surface area contributed by atoms with E-state index in [1.807, 2.05) is 4.90 Å². The van der Waals surface area contributed by atoms with Gasteiger partial charge in [0.25, 0.3) is 0 Å². The lowest BCUT2D eigenvalue weighted by Gasteiger charge is -2.45. The van der Waals surface area contributed by atoms with Crippen LogP contribution in [-0.4, -0.2) is 30.7 Å². The molecule has 3 fully saturated rings. The van der Waals surface area contributed by atoms with Crippen molar-refractivity contribution in [3.05, 3.63) is 0 Å². The molecule has 2 bridgehead atoms. The maximum absolute atomic E-state index is 12.4. The van der Waals surface area contributed by atoms with Crippen molar-refractivity contribution in [2.75, 3.05) is 19.6 Å². The van der Waals surface area contributed by atoms with Crippen LogP contribution in [0.2, 0.25) is 0 Å². The zero-order chi connectivity index (χ0) is 8.77. The molecule has 3 heterocycles. The molecule has 0 aromatic heterocycles. The summed E-state index contributed by atoms with van der Waals surface area (Å²) in [6.07, 6.45) is -2.49. The lowest BCUT2D eigenvalue weighted by Crippen LogP contribution is -2.52. The van der Waals surface area contributed by atoms with Gasteiger partial charge in [0.2, 0.25) is 0 Å². The molecule has 3 saturated heterocycles. The van der Waals surface area contributed by atoms with Gasteiger partial charge in [-0.25, -0.2) is 0 Å². The first-order valence-electron chi connectivity index (χ1n) is 4.36. The van der Waals surface area contributed by atoms with Crippen LogP contribution in [0.5, 0.6) is 0 Å². The number of piperidine rings is 3. The van der Waals surface area contributed by atoms with Crippen LogP contribution in [0, 0.1) is 11.8 Å². The number of hydrogen-bond donors (Lipinski definition) is 0. The normalized spacial score (nSPS) is 41.8. The van der Waals surface area contributed by atoms with Crippen LogP contribution in [-0.2, 0) is 0 Å². The molecule has 70 valence electrons. The van der Waals surface area contributed by atoms with E-state index in [0.717, 1.165) is 25.9 Å². The molecule has 3 rings (SSSR count). The number of rotatable bonds is 0. The summed E-state index contributed by atoms with van der Waals surface area (Å²) >= 11 is 0. The number of alkyl halides is 3. The molecule has 0 aliphatic carbocycles. The zero-order valence-corrected chi connectivity index (χ0v) is 6.77. The van der Waals surface area contributed by atoms with Crippen LogP contribution in [0.4, 0.5) is 13.2 Å². The Labute approximate surface area is 69.5 Å². The molecular weight excluding hydrogens is 167 g/mol. The van der Waals surface area contributed by atoms with Gasteiger partial charge in [-0.2, -0.15) is 13.2 Å². The first-order chi connectivity index (χ1) is 5.57. The molecule has 0 amide bonds. The smallest absolute Gasteiger partial charge is 0.303 e. The van der Waals surface area contributed by atoms with E-state index >= 15 is 0 Å². The molecule has 0 N–H and O–H groups in total. The van der Waals surface area contributed by atoms with E-state index in [0.29, 0.717) is 0 Å². The maximum atomic E-state index is 12.4. The summed E-state index contributed by atoms with van der Waals surface area (Å²) in [7, 11) is 0. The summed E-state index contributed by atoms with van der Waals surface area (Å²) in [4.78, 5) is 1.93. The van der Waals surface area contributed by atoms with Gasteiger partial charge in [-0.15, -0.1) is 0 Å². The van der Waals surface area contributed by atoms with Gasteiger partial charge in [0.15, 0.2) is 0 Å². The van der Waals surface area contributed by atoms with Crippen molar-refractivity contribution in [1.82, 2.24) is 4.90 Å². The van der Waals surface area contributed by atoms with E-state index in [-0.39, 0.29) is 12.5 Å².